The van der Waals surface area contributed by atoms with Gasteiger partial charge in [-0.1, -0.05) is 30.3 Å². The van der Waals surface area contributed by atoms with Gasteiger partial charge in [0.1, 0.15) is 0 Å². The van der Waals surface area contributed by atoms with Gasteiger partial charge in [0.05, 0.1) is 12.8 Å². The number of halogens is 1. The Hall–Kier alpha value is -1.45. The first-order valence-corrected chi connectivity index (χ1v) is 10.3. The molecule has 0 unspecified atom stereocenters. The summed E-state index contributed by atoms with van der Waals surface area (Å²) in [6.45, 7) is 0.0700. The first-order valence-electron chi connectivity index (χ1n) is 7.39. The molecule has 0 fully saturated rings. The summed E-state index contributed by atoms with van der Waals surface area (Å²) in [4.78, 5) is 12.1. The fourth-order valence-corrected chi connectivity index (χ4v) is 3.29. The molecule has 0 spiro atoms. The lowest BCUT2D eigenvalue weighted by Gasteiger charge is -2.19. The summed E-state index contributed by atoms with van der Waals surface area (Å²) < 4.78 is 26.1. The van der Waals surface area contributed by atoms with Crippen LogP contribution in [0, 0.1) is 3.57 Å². The van der Waals surface area contributed by atoms with E-state index in [1.807, 2.05) is 42.5 Å². The van der Waals surface area contributed by atoms with E-state index in [1.54, 1.807) is 12.1 Å². The molecule has 5 nitrogen and oxygen atoms in total. The van der Waals surface area contributed by atoms with Crippen molar-refractivity contribution in [3.05, 3.63) is 63.7 Å². The number of nitrogens with one attached hydrogen (secondary N) is 1. The first kappa shape index (κ1) is 18.9. The van der Waals surface area contributed by atoms with Gasteiger partial charge in [-0.3, -0.25) is 4.79 Å². The fraction of sp³-hybridized carbons (Fsp3) is 0.235. The zero-order valence-electron chi connectivity index (χ0n) is 13.3. The van der Waals surface area contributed by atoms with Gasteiger partial charge >= 0.3 is 0 Å². The van der Waals surface area contributed by atoms with Gasteiger partial charge in [0.25, 0.3) is 0 Å². The average molecular weight is 458 g/mol. The normalized spacial score (nSPS) is 11.5. The number of benzene rings is 2. The van der Waals surface area contributed by atoms with Gasteiger partial charge in [0.2, 0.25) is 15.9 Å². The molecular formula is C17H19IN2O3S. The Morgan fingerprint density at radius 3 is 2.29 bits per heavy atom. The Kier molecular flexibility index (Phi) is 6.76. The Labute approximate surface area is 156 Å². The Morgan fingerprint density at radius 1 is 1.08 bits per heavy atom. The standard InChI is InChI=1S/C17H19IN2O3S/c1-24(22,23)20(12-11-14-5-3-2-4-6-14)13-17(21)19-16-9-7-15(18)8-10-16/h2-10H,11-13H2,1H3,(H,19,21). The number of carbonyl (C=O) groups excluding carboxylic acids is 1. The van der Waals surface area contributed by atoms with Gasteiger partial charge < -0.3 is 5.32 Å². The maximum Gasteiger partial charge on any atom is 0.239 e. The lowest BCUT2D eigenvalue weighted by Crippen LogP contribution is -2.38. The number of anilines is 1. The Balaban J connectivity index is 1.98. The molecule has 0 radical (unpaired) electrons. The molecule has 0 aliphatic rings. The average Bonchev–Trinajstić information content (AvgIpc) is 2.53. The van der Waals surface area contributed by atoms with Crippen LogP contribution >= 0.6 is 22.6 Å². The van der Waals surface area contributed by atoms with Gasteiger partial charge in [0, 0.05) is 15.8 Å². The van der Waals surface area contributed by atoms with Crippen molar-refractivity contribution in [2.45, 2.75) is 6.42 Å². The molecule has 0 atom stereocenters. The van der Waals surface area contributed by atoms with Gasteiger partial charge in [-0.2, -0.15) is 4.31 Å². The molecule has 24 heavy (non-hydrogen) atoms. The van der Waals surface area contributed by atoms with E-state index in [4.69, 9.17) is 0 Å². The van der Waals surface area contributed by atoms with E-state index in [1.165, 1.54) is 4.31 Å². The Morgan fingerprint density at radius 2 is 1.71 bits per heavy atom. The molecule has 0 saturated heterocycles. The van der Waals surface area contributed by atoms with Crippen LogP contribution in [0.3, 0.4) is 0 Å². The second-order valence-corrected chi connectivity index (χ2v) is 8.62. The molecule has 2 rings (SSSR count). The van der Waals surface area contributed by atoms with Crippen LogP contribution in [-0.2, 0) is 21.2 Å². The van der Waals surface area contributed by atoms with Crippen molar-refractivity contribution in [1.82, 2.24) is 4.31 Å². The third kappa shape index (κ3) is 6.21. The Bertz CT molecular complexity index is 777. The largest absolute Gasteiger partial charge is 0.325 e. The molecular weight excluding hydrogens is 439 g/mol. The van der Waals surface area contributed by atoms with Crippen LogP contribution in [0.4, 0.5) is 5.69 Å². The molecule has 2 aromatic rings. The van der Waals surface area contributed by atoms with E-state index in [9.17, 15) is 13.2 Å². The summed E-state index contributed by atoms with van der Waals surface area (Å²) in [5, 5.41) is 2.72. The molecule has 0 saturated carbocycles. The molecule has 0 aliphatic carbocycles. The topological polar surface area (TPSA) is 66.5 Å². The molecule has 0 heterocycles. The highest BCUT2D eigenvalue weighted by atomic mass is 127. The van der Waals surface area contributed by atoms with Crippen LogP contribution in [0.5, 0.6) is 0 Å². The van der Waals surface area contributed by atoms with E-state index in [2.05, 4.69) is 27.9 Å². The predicted molar refractivity (Wildman–Crippen MR) is 104 cm³/mol. The zero-order chi connectivity index (χ0) is 17.6. The van der Waals surface area contributed by atoms with Crippen LogP contribution in [-0.4, -0.2) is 38.0 Å². The number of amides is 1. The van der Waals surface area contributed by atoms with Crippen molar-refractivity contribution in [1.29, 1.82) is 0 Å². The molecule has 128 valence electrons. The molecule has 0 aromatic heterocycles. The monoisotopic (exact) mass is 458 g/mol. The third-order valence-corrected chi connectivity index (χ3v) is 5.38. The van der Waals surface area contributed by atoms with Crippen LogP contribution in [0.25, 0.3) is 0 Å². The molecule has 7 heteroatoms. The number of rotatable bonds is 7. The molecule has 2 aromatic carbocycles. The summed E-state index contributed by atoms with van der Waals surface area (Å²) in [6, 6.07) is 16.9. The van der Waals surface area contributed by atoms with Gasteiger partial charge in [-0.05, 0) is 58.8 Å². The number of nitrogens with zero attached hydrogens (tertiary/aromatic N) is 1. The molecule has 0 aliphatic heterocycles. The maximum atomic E-state index is 12.1. The zero-order valence-corrected chi connectivity index (χ0v) is 16.2. The molecule has 1 N–H and O–H groups in total. The quantitative estimate of drug-likeness (QED) is 0.650. The second kappa shape index (κ2) is 8.59. The minimum absolute atomic E-state index is 0.197. The van der Waals surface area contributed by atoms with Crippen molar-refractivity contribution < 1.29 is 13.2 Å². The smallest absolute Gasteiger partial charge is 0.239 e. The molecule has 0 bridgehead atoms. The third-order valence-electron chi connectivity index (χ3n) is 3.41. The van der Waals surface area contributed by atoms with E-state index >= 15 is 0 Å². The van der Waals surface area contributed by atoms with Crippen LogP contribution in [0.15, 0.2) is 54.6 Å². The van der Waals surface area contributed by atoms with Crippen molar-refractivity contribution in [3.8, 4) is 0 Å². The second-order valence-electron chi connectivity index (χ2n) is 5.39. The van der Waals surface area contributed by atoms with Gasteiger partial charge in [-0.15, -0.1) is 0 Å². The van der Waals surface area contributed by atoms with Crippen molar-refractivity contribution >= 4 is 44.2 Å². The van der Waals surface area contributed by atoms with Crippen molar-refractivity contribution in [3.63, 3.8) is 0 Å². The minimum atomic E-state index is -3.46. The van der Waals surface area contributed by atoms with Gasteiger partial charge in [-0.25, -0.2) is 8.42 Å². The molecule has 1 amide bonds. The van der Waals surface area contributed by atoms with Crippen molar-refractivity contribution in [2.75, 3.05) is 24.7 Å². The van der Waals surface area contributed by atoms with E-state index in [0.29, 0.717) is 12.1 Å². The fourth-order valence-electron chi connectivity index (χ4n) is 2.15. The summed E-state index contributed by atoms with van der Waals surface area (Å²) >= 11 is 2.18. The summed E-state index contributed by atoms with van der Waals surface area (Å²) in [5.74, 6) is -0.352. The predicted octanol–water partition coefficient (Wildman–Crippen LogP) is 2.73. The van der Waals surface area contributed by atoms with E-state index < -0.39 is 10.0 Å². The van der Waals surface area contributed by atoms with Gasteiger partial charge in [0.15, 0.2) is 0 Å². The summed E-state index contributed by atoms with van der Waals surface area (Å²) in [5.41, 5.74) is 1.68. The van der Waals surface area contributed by atoms with Crippen LogP contribution in [0.1, 0.15) is 5.56 Å². The summed E-state index contributed by atoms with van der Waals surface area (Å²) in [6.07, 6.45) is 1.68. The number of hydrogen-bond acceptors (Lipinski definition) is 3. The lowest BCUT2D eigenvalue weighted by atomic mass is 10.1. The highest BCUT2D eigenvalue weighted by molar-refractivity contribution is 14.1. The van der Waals surface area contributed by atoms with E-state index in [-0.39, 0.29) is 19.0 Å². The lowest BCUT2D eigenvalue weighted by molar-refractivity contribution is -0.116. The highest BCUT2D eigenvalue weighted by Crippen LogP contribution is 2.11. The SMILES string of the molecule is CS(=O)(=O)N(CCc1ccccc1)CC(=O)Nc1ccc(I)cc1. The minimum Gasteiger partial charge on any atom is -0.325 e. The van der Waals surface area contributed by atoms with E-state index in [0.717, 1.165) is 15.4 Å². The maximum absolute atomic E-state index is 12.1. The van der Waals surface area contributed by atoms with Crippen LogP contribution < -0.4 is 5.32 Å². The number of hydrogen-bond donors (Lipinski definition) is 1. The number of sulfonamides is 1. The summed E-state index contributed by atoms with van der Waals surface area (Å²) in [7, 11) is -3.46. The van der Waals surface area contributed by atoms with Crippen LogP contribution in [0.2, 0.25) is 0 Å². The first-order chi connectivity index (χ1) is 11.3. The number of carbonyl (C=O) groups is 1. The highest BCUT2D eigenvalue weighted by Gasteiger charge is 2.20. The van der Waals surface area contributed by atoms with Crippen molar-refractivity contribution in [2.24, 2.45) is 0 Å².